The largest absolute Gasteiger partial charge is 1.00 e. The molecule has 0 amide bonds. The van der Waals surface area contributed by atoms with Gasteiger partial charge in [0.2, 0.25) is 0 Å². The molecule has 0 N–H and O–H groups in total. The van der Waals surface area contributed by atoms with E-state index in [1.54, 1.807) is 0 Å². The van der Waals surface area contributed by atoms with Gasteiger partial charge in [0, 0.05) is 17.3 Å². The van der Waals surface area contributed by atoms with Gasteiger partial charge in [0.15, 0.2) is 0 Å². The van der Waals surface area contributed by atoms with Gasteiger partial charge in [-0.1, -0.05) is 30.3 Å². The van der Waals surface area contributed by atoms with Gasteiger partial charge in [0.05, 0.1) is 11.7 Å². The maximum Gasteiger partial charge on any atom is 1.00 e. The fourth-order valence-electron chi connectivity index (χ4n) is 1.32. The van der Waals surface area contributed by atoms with Crippen LogP contribution in [0.25, 0.3) is 11.3 Å². The number of carbonyl (C=O) groups is 1. The Morgan fingerprint density at radius 1 is 1.12 bits per heavy atom. The summed E-state index contributed by atoms with van der Waals surface area (Å²) in [7, 11) is 0. The van der Waals surface area contributed by atoms with Crippen LogP contribution in [-0.2, 0) is 0 Å². The van der Waals surface area contributed by atoms with Crippen LogP contribution < -0.4 is 24.0 Å². The topological polar surface area (TPSA) is 53.0 Å². The van der Waals surface area contributed by atoms with Crippen LogP contribution in [0.1, 0.15) is 10.4 Å². The van der Waals surface area contributed by atoms with Crippen LogP contribution in [0, 0.1) is 0 Å². The molecule has 0 atom stereocenters. The second-order valence-electron chi connectivity index (χ2n) is 3.08. The van der Waals surface area contributed by atoms with E-state index in [2.05, 4.69) is 4.98 Å². The van der Waals surface area contributed by atoms with Gasteiger partial charge in [-0.15, -0.1) is 0 Å². The average molecular weight is 205 g/mol. The number of hydrogen-bond acceptors (Lipinski definition) is 3. The normalized spacial score (nSPS) is 9.25. The molecule has 4 heteroatoms. The summed E-state index contributed by atoms with van der Waals surface area (Å²) in [5, 5.41) is 10.6. The van der Waals surface area contributed by atoms with Crippen LogP contribution in [0.2, 0.25) is 0 Å². The van der Waals surface area contributed by atoms with Crippen LogP contribution in [0.15, 0.2) is 48.7 Å². The van der Waals surface area contributed by atoms with Crippen molar-refractivity contribution in [2.45, 2.75) is 0 Å². The van der Waals surface area contributed by atoms with Crippen molar-refractivity contribution < 1.29 is 28.8 Å². The Bertz CT molecular complexity index is 485. The Labute approximate surface area is 105 Å². The summed E-state index contributed by atoms with van der Waals surface area (Å²) in [5.41, 5.74) is 1.67. The second-order valence-corrected chi connectivity index (χ2v) is 3.08. The molecule has 1 aromatic carbocycles. The first-order valence-electron chi connectivity index (χ1n) is 4.50. The number of hydrogen-bond donors (Lipinski definition) is 0. The van der Waals surface area contributed by atoms with E-state index in [1.807, 2.05) is 30.3 Å². The van der Waals surface area contributed by atoms with Crippen molar-refractivity contribution >= 4 is 5.97 Å². The van der Waals surface area contributed by atoms with Crippen LogP contribution in [0.4, 0.5) is 0 Å². The summed E-state index contributed by atoms with van der Waals surface area (Å²) in [4.78, 5) is 14.7. The summed E-state index contributed by atoms with van der Waals surface area (Å²) in [6, 6.07) is 12.3. The van der Waals surface area contributed by atoms with Gasteiger partial charge in [-0.3, -0.25) is 4.98 Å². The quantitative estimate of drug-likeness (QED) is 0.539. The van der Waals surface area contributed by atoms with E-state index < -0.39 is 5.97 Å². The molecule has 0 aliphatic carbocycles. The third-order valence-electron chi connectivity index (χ3n) is 2.07. The minimum absolute atomic E-state index is 0. The summed E-state index contributed by atoms with van der Waals surface area (Å²) in [6.07, 6.45) is 1.47. The van der Waals surface area contributed by atoms with E-state index in [4.69, 9.17) is 0 Å². The zero-order valence-corrected chi connectivity index (χ0v) is 8.88. The van der Waals surface area contributed by atoms with Gasteiger partial charge >= 0.3 is 18.9 Å². The molecule has 2 aromatic rings. The molecule has 16 heavy (non-hydrogen) atoms. The molecule has 0 aliphatic rings. The average Bonchev–Trinajstić information content (AvgIpc) is 2.30. The number of aromatic nitrogens is 1. The monoisotopic (exact) mass is 205 g/mol. The Kier molecular flexibility index (Phi) is 4.30. The number of benzene rings is 1. The van der Waals surface area contributed by atoms with Gasteiger partial charge in [-0.25, -0.2) is 0 Å². The minimum atomic E-state index is -1.19. The molecule has 1 aromatic heterocycles. The number of carbonyl (C=O) groups excluding carboxylic acids is 1. The predicted molar refractivity (Wildman–Crippen MR) is 54.0 cm³/mol. The Morgan fingerprint density at radius 2 is 1.81 bits per heavy atom. The molecular weight excluding hydrogens is 197 g/mol. The molecular formula is C12H8LiNO2. The number of carboxylic acids is 1. The van der Waals surface area contributed by atoms with Crippen LogP contribution >= 0.6 is 0 Å². The molecule has 3 nitrogen and oxygen atoms in total. The van der Waals surface area contributed by atoms with Crippen LogP contribution in [-0.4, -0.2) is 11.0 Å². The van der Waals surface area contributed by atoms with Gasteiger partial charge in [-0.05, 0) is 12.1 Å². The van der Waals surface area contributed by atoms with E-state index in [0.29, 0.717) is 5.69 Å². The maximum atomic E-state index is 10.6. The maximum absolute atomic E-state index is 10.6. The molecule has 0 saturated carbocycles. The molecule has 0 saturated heterocycles. The second kappa shape index (κ2) is 5.50. The molecule has 1 heterocycles. The first kappa shape index (κ1) is 12.5. The predicted octanol–water partition coefficient (Wildman–Crippen LogP) is -1.88. The van der Waals surface area contributed by atoms with Crippen LogP contribution in [0.3, 0.4) is 0 Å². The number of aromatic carboxylic acids is 1. The smallest absolute Gasteiger partial charge is 0.545 e. The zero-order chi connectivity index (χ0) is 10.7. The molecule has 2 rings (SSSR count). The van der Waals surface area contributed by atoms with Crippen molar-refractivity contribution in [3.05, 3.63) is 54.2 Å². The fraction of sp³-hybridized carbons (Fsp3) is 0. The van der Waals surface area contributed by atoms with Crippen molar-refractivity contribution in [3.63, 3.8) is 0 Å². The standard InChI is InChI=1S/C12H9NO2.Li/c14-12(15)10-6-7-13-11(8-10)9-4-2-1-3-5-9;/h1-8H,(H,14,15);/q;+1/p-1. The van der Waals surface area contributed by atoms with Gasteiger partial charge < -0.3 is 9.90 Å². The van der Waals surface area contributed by atoms with E-state index in [0.717, 1.165) is 5.56 Å². The summed E-state index contributed by atoms with van der Waals surface area (Å²) in [6.45, 7) is 0. The third kappa shape index (κ3) is 2.72. The summed E-state index contributed by atoms with van der Waals surface area (Å²) in [5.74, 6) is -1.19. The van der Waals surface area contributed by atoms with E-state index in [9.17, 15) is 9.90 Å². The first-order chi connectivity index (χ1) is 7.27. The van der Waals surface area contributed by atoms with E-state index in [-0.39, 0.29) is 24.4 Å². The van der Waals surface area contributed by atoms with Crippen molar-refractivity contribution in [3.8, 4) is 11.3 Å². The molecule has 0 unspecified atom stereocenters. The Hall–Kier alpha value is -1.56. The van der Waals surface area contributed by atoms with Crippen LogP contribution in [0.5, 0.6) is 0 Å². The van der Waals surface area contributed by atoms with Crippen molar-refractivity contribution in [1.29, 1.82) is 0 Å². The number of pyridine rings is 1. The zero-order valence-electron chi connectivity index (χ0n) is 8.88. The van der Waals surface area contributed by atoms with Gasteiger partial charge in [0.1, 0.15) is 0 Å². The third-order valence-corrected chi connectivity index (χ3v) is 2.07. The fourth-order valence-corrected chi connectivity index (χ4v) is 1.32. The Balaban J connectivity index is 0.00000128. The summed E-state index contributed by atoms with van der Waals surface area (Å²) >= 11 is 0. The minimum Gasteiger partial charge on any atom is -0.545 e. The SMILES string of the molecule is O=C([O-])c1ccnc(-c2ccccc2)c1.[Li+]. The Morgan fingerprint density at radius 3 is 2.44 bits per heavy atom. The molecule has 0 fully saturated rings. The van der Waals surface area contributed by atoms with Gasteiger partial charge in [0.25, 0.3) is 0 Å². The van der Waals surface area contributed by atoms with Crippen molar-refractivity contribution in [2.75, 3.05) is 0 Å². The number of nitrogens with zero attached hydrogens (tertiary/aromatic N) is 1. The molecule has 0 aliphatic heterocycles. The van der Waals surface area contributed by atoms with E-state index in [1.165, 1.54) is 18.3 Å². The van der Waals surface area contributed by atoms with Crippen molar-refractivity contribution in [1.82, 2.24) is 4.98 Å². The molecule has 0 radical (unpaired) electrons. The van der Waals surface area contributed by atoms with Crippen molar-refractivity contribution in [2.24, 2.45) is 0 Å². The van der Waals surface area contributed by atoms with Gasteiger partial charge in [-0.2, -0.15) is 0 Å². The van der Waals surface area contributed by atoms with E-state index >= 15 is 0 Å². The molecule has 0 bridgehead atoms. The summed E-state index contributed by atoms with van der Waals surface area (Å²) < 4.78 is 0. The number of rotatable bonds is 2. The molecule has 0 spiro atoms. The first-order valence-corrected chi connectivity index (χ1v) is 4.50. The number of carboxylic acid groups (broad SMARTS) is 1. The molecule has 74 valence electrons.